The molecular formula is C50H61ClN8O7S2. The maximum Gasteiger partial charge on any atom is 0.246 e. The molecule has 2 unspecified atom stereocenters. The van der Waals surface area contributed by atoms with Crippen LogP contribution in [0.2, 0.25) is 5.02 Å². The van der Waals surface area contributed by atoms with Crippen LogP contribution in [0.5, 0.6) is 0 Å². The highest BCUT2D eigenvalue weighted by atomic mass is 35.5. The van der Waals surface area contributed by atoms with Crippen molar-refractivity contribution in [3.63, 3.8) is 0 Å². The second kappa shape index (κ2) is 22.1. The number of aliphatic hydroxyl groups is 1. The van der Waals surface area contributed by atoms with Crippen molar-refractivity contribution in [2.45, 2.75) is 111 Å². The van der Waals surface area contributed by atoms with Crippen LogP contribution in [-0.4, -0.2) is 120 Å². The molecule has 4 aromatic rings. The molecule has 18 heteroatoms. The number of fused-ring (bicyclic) bond motifs is 3. The van der Waals surface area contributed by atoms with Crippen molar-refractivity contribution >= 4 is 75.0 Å². The standard InChI is InChI=1S/C50H61ClN8O7S2/c1-27-31(5)68-46-41(27)43(33-13-15-35(51)16-14-33)55-37(44-42(46)29(3)57-58-44)24-40(62)52-18-20-66-22-21-65-19-17-39(61)56-47(50(6,7)8)49(64)59-25-36(60)23-38(59)48(63)54-28(2)32-9-11-34(12-10-32)45-30(4)53-26-67-45/h9-16,26,28,36-38,42,47,60H,17-25H2,1-8H3,(H,52,62)(H,54,63)(H,56,61)/t28-,36+,37-,38?,42?,47+/m0/s1. The molecule has 68 heavy (non-hydrogen) atoms. The minimum absolute atomic E-state index is 0.00587. The summed E-state index contributed by atoms with van der Waals surface area (Å²) in [5.41, 5.74) is 9.60. The Morgan fingerprint density at radius 2 is 1.60 bits per heavy atom. The number of thiophene rings is 1. The first-order valence-corrected chi connectivity index (χ1v) is 25.0. The fourth-order valence-corrected chi connectivity index (χ4v) is 11.0. The minimum Gasteiger partial charge on any atom is -0.391 e. The number of ether oxygens (including phenoxy) is 2. The van der Waals surface area contributed by atoms with Crippen LogP contribution < -0.4 is 16.0 Å². The highest BCUT2D eigenvalue weighted by molar-refractivity contribution is 7.13. The van der Waals surface area contributed by atoms with E-state index in [1.54, 1.807) is 22.7 Å². The predicted molar refractivity (Wildman–Crippen MR) is 268 cm³/mol. The smallest absolute Gasteiger partial charge is 0.246 e. The zero-order valence-electron chi connectivity index (χ0n) is 39.9. The van der Waals surface area contributed by atoms with Crippen LogP contribution in [0.4, 0.5) is 0 Å². The number of nitrogens with zero attached hydrogens (tertiary/aromatic N) is 5. The summed E-state index contributed by atoms with van der Waals surface area (Å²) in [4.78, 5) is 68.6. The molecule has 0 saturated carbocycles. The van der Waals surface area contributed by atoms with E-state index in [2.05, 4.69) is 45.0 Å². The summed E-state index contributed by atoms with van der Waals surface area (Å²) in [6.07, 6.45) is -0.708. The monoisotopic (exact) mass is 984 g/mol. The van der Waals surface area contributed by atoms with Gasteiger partial charge in [0, 0.05) is 51.8 Å². The Morgan fingerprint density at radius 3 is 2.28 bits per heavy atom. The van der Waals surface area contributed by atoms with Crippen molar-refractivity contribution in [1.82, 2.24) is 25.8 Å². The summed E-state index contributed by atoms with van der Waals surface area (Å²) in [5.74, 6) is -1.53. The molecule has 362 valence electrons. The SMILES string of the molecule is CC1=NN=C2C1c1sc(C)c(C)c1C(c1ccc(Cl)cc1)=N[C@H]2CC(=O)NCCOCCOCCC(=O)N[C@H](C(=O)N1C[C@H](O)CC1C(=O)N[C@@H](C)c1ccc(-c2scnc2C)cc1)C(C)(C)C. The second-order valence-electron chi connectivity index (χ2n) is 18.6. The van der Waals surface area contributed by atoms with Gasteiger partial charge >= 0.3 is 0 Å². The molecule has 0 bridgehead atoms. The van der Waals surface area contributed by atoms with Crippen molar-refractivity contribution in [2.24, 2.45) is 20.6 Å². The number of β-amino-alcohol motifs (C(OH)–C–C–N with tert-alkyl or cyclic N) is 1. The number of hydrogen-bond donors (Lipinski definition) is 4. The fourth-order valence-electron chi connectivity index (χ4n) is 8.71. The normalized spacial score (nSPS) is 19.8. The summed E-state index contributed by atoms with van der Waals surface area (Å²) < 4.78 is 11.4. The largest absolute Gasteiger partial charge is 0.391 e. The van der Waals surface area contributed by atoms with Crippen LogP contribution in [0.25, 0.3) is 10.4 Å². The molecule has 15 nitrogen and oxygen atoms in total. The number of carbonyl (C=O) groups excluding carboxylic acids is 4. The average molecular weight is 986 g/mol. The van der Waals surface area contributed by atoms with E-state index in [0.29, 0.717) is 5.02 Å². The summed E-state index contributed by atoms with van der Waals surface area (Å²) in [5, 5.41) is 29.1. The van der Waals surface area contributed by atoms with Crippen molar-refractivity contribution in [3.05, 3.63) is 96.8 Å². The van der Waals surface area contributed by atoms with E-state index >= 15 is 0 Å². The molecule has 0 aliphatic carbocycles. The third kappa shape index (κ3) is 11.8. The van der Waals surface area contributed by atoms with E-state index in [9.17, 15) is 24.3 Å². The number of aromatic nitrogens is 1. The number of aliphatic imine (C=N–C) groups is 1. The van der Waals surface area contributed by atoms with Crippen molar-refractivity contribution in [2.75, 3.05) is 39.5 Å². The molecule has 0 spiro atoms. The van der Waals surface area contributed by atoms with Gasteiger partial charge in [-0.3, -0.25) is 24.2 Å². The van der Waals surface area contributed by atoms with Crippen molar-refractivity contribution in [1.29, 1.82) is 0 Å². The Labute approximate surface area is 410 Å². The maximum absolute atomic E-state index is 14.1. The van der Waals surface area contributed by atoms with Crippen molar-refractivity contribution < 1.29 is 33.8 Å². The molecule has 7 rings (SSSR count). The molecule has 1 fully saturated rings. The molecule has 1 saturated heterocycles. The number of likely N-dealkylation sites (tertiary alicyclic amines) is 1. The first-order valence-electron chi connectivity index (χ1n) is 23.0. The Kier molecular flexibility index (Phi) is 16.5. The summed E-state index contributed by atoms with van der Waals surface area (Å²) in [6.45, 7) is 16.6. The average Bonchev–Trinajstić information content (AvgIpc) is 4.07. The second-order valence-corrected chi connectivity index (χ2v) is 21.2. The summed E-state index contributed by atoms with van der Waals surface area (Å²) in [6, 6.07) is 12.8. The van der Waals surface area contributed by atoms with Gasteiger partial charge in [-0.2, -0.15) is 10.2 Å². The van der Waals surface area contributed by atoms with E-state index in [0.717, 1.165) is 60.4 Å². The Balaban J connectivity index is 0.836. The lowest BCUT2D eigenvalue weighted by molar-refractivity contribution is -0.144. The lowest BCUT2D eigenvalue weighted by Gasteiger charge is -2.35. The summed E-state index contributed by atoms with van der Waals surface area (Å²) >= 11 is 9.54. The number of rotatable bonds is 18. The van der Waals surface area contributed by atoms with E-state index in [1.807, 2.05) is 95.6 Å². The van der Waals surface area contributed by atoms with Crippen LogP contribution in [0.3, 0.4) is 0 Å². The maximum atomic E-state index is 14.1. The molecule has 5 heterocycles. The number of carbonyl (C=O) groups is 4. The van der Waals surface area contributed by atoms with Gasteiger partial charge in [-0.1, -0.05) is 68.8 Å². The lowest BCUT2D eigenvalue weighted by atomic mass is 9.85. The van der Waals surface area contributed by atoms with Gasteiger partial charge in [-0.05, 0) is 68.9 Å². The van der Waals surface area contributed by atoms with Crippen molar-refractivity contribution in [3.8, 4) is 10.4 Å². The van der Waals surface area contributed by atoms with Crippen LogP contribution in [-0.2, 0) is 28.7 Å². The van der Waals surface area contributed by atoms with E-state index in [-0.39, 0.29) is 88.5 Å². The molecule has 2 aromatic heterocycles. The molecule has 3 aliphatic heterocycles. The topological polar surface area (TPSA) is 196 Å². The van der Waals surface area contributed by atoms with E-state index < -0.39 is 35.6 Å². The Hall–Kier alpha value is -5.17. The van der Waals surface area contributed by atoms with Crippen LogP contribution in [0, 0.1) is 26.2 Å². The molecule has 4 N–H and O–H groups in total. The molecule has 4 amide bonds. The molecule has 3 aliphatic rings. The number of nitrogens with one attached hydrogen (secondary N) is 3. The highest BCUT2D eigenvalue weighted by Gasteiger charge is 2.45. The molecule has 6 atom stereocenters. The number of benzene rings is 2. The number of halogens is 1. The molecule has 0 radical (unpaired) electrons. The van der Waals surface area contributed by atoms with E-state index in [4.69, 9.17) is 26.1 Å². The Morgan fingerprint density at radius 1 is 0.912 bits per heavy atom. The summed E-state index contributed by atoms with van der Waals surface area (Å²) in [7, 11) is 0. The molecular weight excluding hydrogens is 924 g/mol. The third-order valence-corrected chi connectivity index (χ3v) is 15.0. The zero-order chi connectivity index (χ0) is 48.9. The van der Waals surface area contributed by atoms with Gasteiger partial charge in [0.15, 0.2) is 0 Å². The first-order chi connectivity index (χ1) is 32.4. The Bertz CT molecular complexity index is 2580. The van der Waals surface area contributed by atoms with Crippen LogP contribution >= 0.6 is 34.3 Å². The minimum atomic E-state index is -0.957. The predicted octanol–water partition coefficient (Wildman–Crippen LogP) is 6.88. The third-order valence-electron chi connectivity index (χ3n) is 12.5. The quantitative estimate of drug-likeness (QED) is 0.0774. The highest BCUT2D eigenvalue weighted by Crippen LogP contribution is 2.42. The number of thiazole rings is 1. The van der Waals surface area contributed by atoms with Gasteiger partial charge in [-0.25, -0.2) is 4.98 Å². The van der Waals surface area contributed by atoms with Crippen LogP contribution in [0.1, 0.15) is 104 Å². The van der Waals surface area contributed by atoms with Crippen LogP contribution in [0.15, 0.2) is 69.2 Å². The van der Waals surface area contributed by atoms with Gasteiger partial charge in [0.1, 0.15) is 18.1 Å². The van der Waals surface area contributed by atoms with Gasteiger partial charge in [0.2, 0.25) is 23.6 Å². The van der Waals surface area contributed by atoms with Gasteiger partial charge in [-0.15, -0.1) is 22.7 Å². The molecule has 2 aromatic carbocycles. The number of hydrogen-bond acceptors (Lipinski definition) is 13. The first kappa shape index (κ1) is 50.7. The van der Waals surface area contributed by atoms with E-state index in [1.165, 1.54) is 9.78 Å². The fraction of sp³-hybridized carbons (Fsp3) is 0.480. The van der Waals surface area contributed by atoms with Gasteiger partial charge < -0.3 is 35.4 Å². The number of amides is 4. The zero-order valence-corrected chi connectivity index (χ0v) is 42.2. The number of aliphatic hydroxyl groups excluding tert-OH is 1. The number of aryl methyl sites for hydroxylation is 2. The van der Waals surface area contributed by atoms with Gasteiger partial charge in [0.05, 0.1) is 84.1 Å². The lowest BCUT2D eigenvalue weighted by Crippen LogP contribution is -2.58. The van der Waals surface area contributed by atoms with Gasteiger partial charge in [0.25, 0.3) is 0 Å².